The molecule has 2 heterocycles. The summed E-state index contributed by atoms with van der Waals surface area (Å²) in [7, 11) is 0. The number of nitrogens with zero attached hydrogens (tertiary/aromatic N) is 3. The van der Waals surface area contributed by atoms with Crippen molar-refractivity contribution in [3.63, 3.8) is 0 Å². The van der Waals surface area contributed by atoms with E-state index in [2.05, 4.69) is 20.3 Å². The van der Waals surface area contributed by atoms with Crippen molar-refractivity contribution < 1.29 is 9.13 Å². The minimum Gasteiger partial charge on any atom is -0.487 e. The van der Waals surface area contributed by atoms with Gasteiger partial charge in [-0.2, -0.15) is 0 Å². The molecule has 0 amide bonds. The van der Waals surface area contributed by atoms with Crippen LogP contribution in [0.15, 0.2) is 67.1 Å². The van der Waals surface area contributed by atoms with Crippen LogP contribution in [0.4, 0.5) is 15.9 Å². The Labute approximate surface area is 159 Å². The van der Waals surface area contributed by atoms with Gasteiger partial charge >= 0.3 is 0 Å². The minimum absolute atomic E-state index is 0.197. The smallest absolute Gasteiger partial charge is 0.164 e. The van der Waals surface area contributed by atoms with Gasteiger partial charge in [0.25, 0.3) is 0 Å². The summed E-state index contributed by atoms with van der Waals surface area (Å²) in [5, 5.41) is 3.86. The second-order valence-corrected chi connectivity index (χ2v) is 6.17. The van der Waals surface area contributed by atoms with E-state index in [9.17, 15) is 4.39 Å². The van der Waals surface area contributed by atoms with Crippen LogP contribution in [0.2, 0.25) is 5.02 Å². The molecule has 134 valence electrons. The van der Waals surface area contributed by atoms with Crippen LogP contribution in [0.5, 0.6) is 5.75 Å². The number of anilines is 2. The molecule has 0 fully saturated rings. The predicted molar refractivity (Wildman–Crippen MR) is 103 cm³/mol. The molecule has 2 aromatic carbocycles. The SMILES string of the molecule is Fc1cc(Cl)c(OCc2ccccc2)cc1Nc1ncnc2ncccc12. The largest absolute Gasteiger partial charge is 0.487 e. The highest BCUT2D eigenvalue weighted by molar-refractivity contribution is 6.32. The average molecular weight is 381 g/mol. The van der Waals surface area contributed by atoms with E-state index in [1.165, 1.54) is 18.5 Å². The quantitative estimate of drug-likeness (QED) is 0.519. The zero-order valence-electron chi connectivity index (χ0n) is 14.1. The fraction of sp³-hybridized carbons (Fsp3) is 0.0500. The van der Waals surface area contributed by atoms with Crippen molar-refractivity contribution in [2.24, 2.45) is 0 Å². The first-order valence-electron chi connectivity index (χ1n) is 8.19. The van der Waals surface area contributed by atoms with Crippen LogP contribution in [0.3, 0.4) is 0 Å². The Balaban J connectivity index is 1.62. The molecule has 0 saturated carbocycles. The third kappa shape index (κ3) is 3.80. The lowest BCUT2D eigenvalue weighted by Gasteiger charge is -2.13. The summed E-state index contributed by atoms with van der Waals surface area (Å²) in [6, 6.07) is 16.0. The topological polar surface area (TPSA) is 59.9 Å². The Hall–Kier alpha value is -3.25. The molecule has 7 heteroatoms. The van der Waals surface area contributed by atoms with Gasteiger partial charge in [-0.25, -0.2) is 19.3 Å². The number of rotatable bonds is 5. The lowest BCUT2D eigenvalue weighted by molar-refractivity contribution is 0.306. The third-order valence-electron chi connectivity index (χ3n) is 3.92. The fourth-order valence-corrected chi connectivity index (χ4v) is 2.80. The Bertz CT molecular complexity index is 1090. The molecule has 4 aromatic rings. The maximum atomic E-state index is 14.4. The monoisotopic (exact) mass is 380 g/mol. The number of hydrogen-bond acceptors (Lipinski definition) is 5. The van der Waals surface area contributed by atoms with Crippen LogP contribution in [-0.2, 0) is 6.61 Å². The second-order valence-electron chi connectivity index (χ2n) is 5.76. The highest BCUT2D eigenvalue weighted by Crippen LogP contribution is 2.33. The van der Waals surface area contributed by atoms with E-state index in [0.29, 0.717) is 29.2 Å². The summed E-state index contributed by atoms with van der Waals surface area (Å²) in [5.41, 5.74) is 1.71. The van der Waals surface area contributed by atoms with Crippen molar-refractivity contribution in [1.82, 2.24) is 15.0 Å². The van der Waals surface area contributed by atoms with Crippen molar-refractivity contribution in [3.05, 3.63) is 83.5 Å². The van der Waals surface area contributed by atoms with Crippen LogP contribution in [0.1, 0.15) is 5.56 Å². The fourth-order valence-electron chi connectivity index (χ4n) is 2.59. The number of halogens is 2. The molecule has 0 radical (unpaired) electrons. The Morgan fingerprint density at radius 2 is 1.85 bits per heavy atom. The van der Waals surface area contributed by atoms with E-state index in [0.717, 1.165) is 5.56 Å². The van der Waals surface area contributed by atoms with Gasteiger partial charge in [0.2, 0.25) is 0 Å². The molecule has 2 aromatic heterocycles. The van der Waals surface area contributed by atoms with E-state index in [1.54, 1.807) is 12.3 Å². The van der Waals surface area contributed by atoms with Crippen LogP contribution in [0.25, 0.3) is 11.0 Å². The zero-order chi connectivity index (χ0) is 18.6. The number of benzene rings is 2. The van der Waals surface area contributed by atoms with Crippen LogP contribution in [-0.4, -0.2) is 15.0 Å². The van der Waals surface area contributed by atoms with Crippen LogP contribution in [0, 0.1) is 5.82 Å². The van der Waals surface area contributed by atoms with Gasteiger partial charge in [-0.3, -0.25) is 0 Å². The molecule has 0 aliphatic carbocycles. The molecule has 27 heavy (non-hydrogen) atoms. The molecule has 0 spiro atoms. The predicted octanol–water partition coefficient (Wildman–Crippen LogP) is 5.14. The normalized spacial score (nSPS) is 10.7. The lowest BCUT2D eigenvalue weighted by Crippen LogP contribution is -2.01. The highest BCUT2D eigenvalue weighted by Gasteiger charge is 2.12. The number of fused-ring (bicyclic) bond motifs is 1. The minimum atomic E-state index is -0.511. The summed E-state index contributed by atoms with van der Waals surface area (Å²) in [6.45, 7) is 0.325. The Kier molecular flexibility index (Phi) is 4.80. The van der Waals surface area contributed by atoms with Gasteiger partial charge in [-0.1, -0.05) is 41.9 Å². The summed E-state index contributed by atoms with van der Waals surface area (Å²) in [6.07, 6.45) is 3.01. The number of ether oxygens (including phenoxy) is 1. The molecule has 0 unspecified atom stereocenters. The van der Waals surface area contributed by atoms with Gasteiger partial charge in [0.1, 0.15) is 30.3 Å². The summed E-state index contributed by atoms with van der Waals surface area (Å²) >= 11 is 6.14. The van der Waals surface area contributed by atoms with Crippen molar-refractivity contribution >= 4 is 34.1 Å². The standard InChI is InChI=1S/C20H14ClFN4O/c21-15-9-16(22)17(10-18(15)27-11-13-5-2-1-3-6-13)26-20-14-7-4-8-23-19(14)24-12-25-20/h1-10,12H,11H2,(H,23,24,25,26). The first-order valence-corrected chi connectivity index (χ1v) is 8.57. The highest BCUT2D eigenvalue weighted by atomic mass is 35.5. The van der Waals surface area contributed by atoms with Gasteiger partial charge < -0.3 is 10.1 Å². The molecule has 0 aliphatic rings. The molecular weight excluding hydrogens is 367 g/mol. The summed E-state index contributed by atoms with van der Waals surface area (Å²) in [4.78, 5) is 12.5. The van der Waals surface area contributed by atoms with Crippen molar-refractivity contribution in [1.29, 1.82) is 0 Å². The second kappa shape index (κ2) is 7.55. The summed E-state index contributed by atoms with van der Waals surface area (Å²) in [5.74, 6) is 0.312. The van der Waals surface area contributed by atoms with E-state index in [1.807, 2.05) is 36.4 Å². The molecule has 5 nitrogen and oxygen atoms in total. The third-order valence-corrected chi connectivity index (χ3v) is 4.22. The van der Waals surface area contributed by atoms with Gasteiger partial charge in [0.15, 0.2) is 5.65 Å². The van der Waals surface area contributed by atoms with Crippen LogP contribution >= 0.6 is 11.6 Å². The van der Waals surface area contributed by atoms with E-state index >= 15 is 0 Å². The maximum Gasteiger partial charge on any atom is 0.164 e. The molecule has 4 rings (SSSR count). The van der Waals surface area contributed by atoms with Gasteiger partial charge in [0, 0.05) is 12.3 Å². The van der Waals surface area contributed by atoms with Crippen molar-refractivity contribution in [2.45, 2.75) is 6.61 Å². The molecule has 0 bridgehead atoms. The van der Waals surface area contributed by atoms with Gasteiger partial charge in [-0.05, 0) is 23.8 Å². The molecule has 1 N–H and O–H groups in total. The lowest BCUT2D eigenvalue weighted by atomic mass is 10.2. The number of nitrogens with one attached hydrogen (secondary N) is 1. The van der Waals surface area contributed by atoms with Gasteiger partial charge in [0.05, 0.1) is 16.1 Å². The first kappa shape index (κ1) is 17.2. The van der Waals surface area contributed by atoms with E-state index < -0.39 is 5.82 Å². The van der Waals surface area contributed by atoms with Gasteiger partial charge in [-0.15, -0.1) is 0 Å². The maximum absolute atomic E-state index is 14.4. The molecular formula is C20H14ClFN4O. The number of pyridine rings is 1. The summed E-state index contributed by atoms with van der Waals surface area (Å²) < 4.78 is 20.2. The van der Waals surface area contributed by atoms with Crippen LogP contribution < -0.4 is 10.1 Å². The number of aromatic nitrogens is 3. The average Bonchev–Trinajstić information content (AvgIpc) is 2.70. The molecule has 0 atom stereocenters. The molecule has 0 saturated heterocycles. The van der Waals surface area contributed by atoms with Crippen molar-refractivity contribution in [3.8, 4) is 5.75 Å². The van der Waals surface area contributed by atoms with E-state index in [-0.39, 0.29) is 10.7 Å². The van der Waals surface area contributed by atoms with E-state index in [4.69, 9.17) is 16.3 Å². The van der Waals surface area contributed by atoms with Crippen molar-refractivity contribution in [2.75, 3.05) is 5.32 Å². The number of hydrogen-bond donors (Lipinski definition) is 1. The Morgan fingerprint density at radius 1 is 1.00 bits per heavy atom. The molecule has 0 aliphatic heterocycles. The Morgan fingerprint density at radius 3 is 2.70 bits per heavy atom. The first-order chi connectivity index (χ1) is 13.2. The zero-order valence-corrected chi connectivity index (χ0v) is 14.8.